The SMILES string of the molecule is [N-]=[N+]=NCC(=O)N1CCn2c(Cl)cnc2C1. The van der Waals surface area contributed by atoms with E-state index >= 15 is 0 Å². The lowest BCUT2D eigenvalue weighted by molar-refractivity contribution is -0.131. The average Bonchev–Trinajstić information content (AvgIpc) is 2.67. The summed E-state index contributed by atoms with van der Waals surface area (Å²) in [5, 5.41) is 3.82. The first-order chi connectivity index (χ1) is 7.72. The van der Waals surface area contributed by atoms with Gasteiger partial charge < -0.3 is 9.47 Å². The molecule has 0 fully saturated rings. The Morgan fingerprint density at radius 2 is 2.50 bits per heavy atom. The van der Waals surface area contributed by atoms with Crippen molar-refractivity contribution in [2.45, 2.75) is 13.1 Å². The van der Waals surface area contributed by atoms with Crippen molar-refractivity contribution in [1.29, 1.82) is 0 Å². The molecule has 84 valence electrons. The predicted octanol–water partition coefficient (Wildman–Crippen LogP) is 1.19. The fourth-order valence-electron chi connectivity index (χ4n) is 1.63. The third-order valence-corrected chi connectivity index (χ3v) is 2.74. The standard InChI is InChI=1S/C8H9ClN6O/c9-6-3-11-7-5-14(1-2-15(6)7)8(16)4-12-13-10/h3H,1-2,4-5H2. The first-order valence-corrected chi connectivity index (χ1v) is 5.08. The van der Waals surface area contributed by atoms with Crippen LogP contribution in [-0.4, -0.2) is 33.4 Å². The van der Waals surface area contributed by atoms with Crippen LogP contribution in [-0.2, 0) is 17.9 Å². The van der Waals surface area contributed by atoms with Gasteiger partial charge in [-0.25, -0.2) is 4.98 Å². The number of carbonyl (C=O) groups excluding carboxylic acids is 1. The number of amides is 1. The van der Waals surface area contributed by atoms with Crippen LogP contribution in [0.2, 0.25) is 5.15 Å². The highest BCUT2D eigenvalue weighted by Crippen LogP contribution is 2.17. The van der Waals surface area contributed by atoms with E-state index in [9.17, 15) is 4.79 Å². The normalized spacial score (nSPS) is 14.2. The molecular weight excluding hydrogens is 232 g/mol. The molecule has 0 aliphatic carbocycles. The summed E-state index contributed by atoms with van der Waals surface area (Å²) in [6, 6.07) is 0. The molecule has 0 atom stereocenters. The minimum Gasteiger partial charge on any atom is -0.333 e. The van der Waals surface area contributed by atoms with Crippen molar-refractivity contribution in [2.75, 3.05) is 13.1 Å². The molecule has 0 N–H and O–H groups in total. The molecule has 2 heterocycles. The van der Waals surface area contributed by atoms with Crippen molar-refractivity contribution in [3.05, 3.63) is 27.6 Å². The van der Waals surface area contributed by atoms with E-state index in [0.717, 1.165) is 5.82 Å². The molecule has 0 aromatic carbocycles. The molecule has 1 amide bonds. The van der Waals surface area contributed by atoms with Crippen LogP contribution in [0.1, 0.15) is 5.82 Å². The molecule has 8 heteroatoms. The quantitative estimate of drug-likeness (QED) is 0.442. The van der Waals surface area contributed by atoms with Crippen molar-refractivity contribution in [3.8, 4) is 0 Å². The third-order valence-electron chi connectivity index (χ3n) is 2.44. The van der Waals surface area contributed by atoms with Gasteiger partial charge in [-0.3, -0.25) is 4.79 Å². The second-order valence-electron chi connectivity index (χ2n) is 3.35. The molecule has 1 aliphatic heterocycles. The number of halogens is 1. The van der Waals surface area contributed by atoms with Gasteiger partial charge in [0.15, 0.2) is 0 Å². The van der Waals surface area contributed by atoms with Gasteiger partial charge in [0.05, 0.1) is 12.7 Å². The fourth-order valence-corrected chi connectivity index (χ4v) is 1.86. The number of carbonyl (C=O) groups is 1. The van der Waals surface area contributed by atoms with E-state index in [2.05, 4.69) is 15.0 Å². The Labute approximate surface area is 96.2 Å². The van der Waals surface area contributed by atoms with E-state index in [4.69, 9.17) is 17.1 Å². The van der Waals surface area contributed by atoms with E-state index in [-0.39, 0.29) is 12.5 Å². The predicted molar refractivity (Wildman–Crippen MR) is 56.7 cm³/mol. The molecule has 0 bridgehead atoms. The molecular formula is C8H9ClN6O. The minimum absolute atomic E-state index is 0.148. The van der Waals surface area contributed by atoms with E-state index in [1.165, 1.54) is 0 Å². The number of rotatable bonds is 2. The number of fused-ring (bicyclic) bond motifs is 1. The molecule has 7 nitrogen and oxygen atoms in total. The van der Waals surface area contributed by atoms with Gasteiger partial charge in [0.25, 0.3) is 0 Å². The Bertz CT molecular complexity index is 463. The van der Waals surface area contributed by atoms with Gasteiger partial charge in [0.2, 0.25) is 5.91 Å². The zero-order chi connectivity index (χ0) is 11.5. The zero-order valence-electron chi connectivity index (χ0n) is 8.38. The van der Waals surface area contributed by atoms with Crippen molar-refractivity contribution >= 4 is 17.5 Å². The molecule has 0 spiro atoms. The van der Waals surface area contributed by atoms with Gasteiger partial charge in [-0.2, -0.15) is 0 Å². The molecule has 0 radical (unpaired) electrons. The maximum atomic E-state index is 11.6. The Balaban J connectivity index is 2.08. The zero-order valence-corrected chi connectivity index (χ0v) is 9.13. The van der Waals surface area contributed by atoms with E-state index in [1.54, 1.807) is 11.1 Å². The first kappa shape index (κ1) is 10.8. The lowest BCUT2D eigenvalue weighted by Crippen LogP contribution is -2.39. The molecule has 0 saturated heterocycles. The second-order valence-corrected chi connectivity index (χ2v) is 3.74. The highest BCUT2D eigenvalue weighted by atomic mass is 35.5. The maximum absolute atomic E-state index is 11.6. The minimum atomic E-state index is -0.192. The molecule has 0 saturated carbocycles. The molecule has 1 aromatic heterocycles. The van der Waals surface area contributed by atoms with Crippen LogP contribution >= 0.6 is 11.6 Å². The Morgan fingerprint density at radius 3 is 3.25 bits per heavy atom. The molecule has 1 aliphatic rings. The first-order valence-electron chi connectivity index (χ1n) is 4.71. The lowest BCUT2D eigenvalue weighted by atomic mass is 10.3. The van der Waals surface area contributed by atoms with Gasteiger partial charge in [-0.15, -0.1) is 0 Å². The van der Waals surface area contributed by atoms with Gasteiger partial charge >= 0.3 is 0 Å². The highest BCUT2D eigenvalue weighted by Gasteiger charge is 2.22. The molecule has 1 aromatic rings. The number of aromatic nitrogens is 2. The summed E-state index contributed by atoms with van der Waals surface area (Å²) in [6.07, 6.45) is 1.57. The molecule has 0 unspecified atom stereocenters. The van der Waals surface area contributed by atoms with Gasteiger partial charge in [-0.1, -0.05) is 16.7 Å². The Hall–Kier alpha value is -1.72. The van der Waals surface area contributed by atoms with E-state index in [0.29, 0.717) is 24.8 Å². The van der Waals surface area contributed by atoms with Crippen LogP contribution in [0.25, 0.3) is 10.4 Å². The van der Waals surface area contributed by atoms with Gasteiger partial charge in [-0.05, 0) is 5.53 Å². The summed E-state index contributed by atoms with van der Waals surface area (Å²) >= 11 is 5.90. The smallest absolute Gasteiger partial charge is 0.228 e. The van der Waals surface area contributed by atoms with Crippen LogP contribution in [0.3, 0.4) is 0 Å². The number of azide groups is 1. The van der Waals surface area contributed by atoms with Crippen LogP contribution in [0.15, 0.2) is 11.3 Å². The highest BCUT2D eigenvalue weighted by molar-refractivity contribution is 6.29. The summed E-state index contributed by atoms with van der Waals surface area (Å²) < 4.78 is 1.86. The van der Waals surface area contributed by atoms with Crippen molar-refractivity contribution in [2.24, 2.45) is 5.11 Å². The lowest BCUT2D eigenvalue weighted by Gasteiger charge is -2.27. The van der Waals surface area contributed by atoms with Crippen LogP contribution in [0.5, 0.6) is 0 Å². The average molecular weight is 241 g/mol. The van der Waals surface area contributed by atoms with Gasteiger partial charge in [0, 0.05) is 18.0 Å². The molecule has 2 rings (SSSR count). The monoisotopic (exact) mass is 240 g/mol. The number of nitrogens with zero attached hydrogens (tertiary/aromatic N) is 6. The summed E-state index contributed by atoms with van der Waals surface area (Å²) in [6.45, 7) is 1.44. The summed E-state index contributed by atoms with van der Waals surface area (Å²) in [5.41, 5.74) is 8.13. The third kappa shape index (κ3) is 1.95. The largest absolute Gasteiger partial charge is 0.333 e. The van der Waals surface area contributed by atoms with Gasteiger partial charge in [0.1, 0.15) is 17.5 Å². The molecule has 16 heavy (non-hydrogen) atoms. The van der Waals surface area contributed by atoms with Crippen LogP contribution in [0, 0.1) is 0 Å². The number of hydrogen-bond acceptors (Lipinski definition) is 3. The van der Waals surface area contributed by atoms with Crippen molar-refractivity contribution < 1.29 is 4.79 Å². The summed E-state index contributed by atoms with van der Waals surface area (Å²) in [4.78, 5) is 19.8. The van der Waals surface area contributed by atoms with Crippen molar-refractivity contribution in [3.63, 3.8) is 0 Å². The van der Waals surface area contributed by atoms with E-state index < -0.39 is 0 Å². The Morgan fingerprint density at radius 1 is 1.69 bits per heavy atom. The maximum Gasteiger partial charge on any atom is 0.228 e. The second kappa shape index (κ2) is 4.42. The summed E-state index contributed by atoms with van der Waals surface area (Å²) in [7, 11) is 0. The number of hydrogen-bond donors (Lipinski definition) is 0. The van der Waals surface area contributed by atoms with Crippen LogP contribution < -0.4 is 0 Å². The van der Waals surface area contributed by atoms with Crippen LogP contribution in [0.4, 0.5) is 0 Å². The van der Waals surface area contributed by atoms with Crippen molar-refractivity contribution in [1.82, 2.24) is 14.5 Å². The fraction of sp³-hybridized carbons (Fsp3) is 0.500. The number of imidazole rings is 1. The Kier molecular flexibility index (Phi) is 2.98. The summed E-state index contributed by atoms with van der Waals surface area (Å²) in [5.74, 6) is 0.564. The topological polar surface area (TPSA) is 86.9 Å². The van der Waals surface area contributed by atoms with E-state index in [1.807, 2.05) is 4.57 Å².